The normalized spacial score (nSPS) is 11.7. The number of nitrogens with two attached hydrogens (primary N) is 1. The largest absolute Gasteiger partial charge is 0.370 e. The topological polar surface area (TPSA) is 50.4 Å². The Kier molecular flexibility index (Phi) is 4.77. The Morgan fingerprint density at radius 2 is 1.70 bits per heavy atom. The third-order valence-electron chi connectivity index (χ3n) is 3.12. The second-order valence-corrected chi connectivity index (χ2v) is 5.05. The molecule has 0 aliphatic rings. The highest BCUT2D eigenvalue weighted by molar-refractivity contribution is 5.93. The lowest BCUT2D eigenvalue weighted by molar-refractivity contribution is 0.869. The summed E-state index contributed by atoms with van der Waals surface area (Å²) in [6.45, 7) is 4.92. The van der Waals surface area contributed by atoms with Gasteiger partial charge >= 0.3 is 0 Å². The number of nitrogens with zero attached hydrogens (tertiary/aromatic N) is 1. The first-order valence-electron chi connectivity index (χ1n) is 6.86. The van der Waals surface area contributed by atoms with Crippen LogP contribution in [0.15, 0.2) is 59.6 Å². The van der Waals surface area contributed by atoms with E-state index in [1.807, 2.05) is 48.5 Å². The first-order valence-corrected chi connectivity index (χ1v) is 6.86. The van der Waals surface area contributed by atoms with Gasteiger partial charge in [0.15, 0.2) is 5.96 Å². The predicted molar refractivity (Wildman–Crippen MR) is 85.9 cm³/mol. The van der Waals surface area contributed by atoms with Gasteiger partial charge in [-0.05, 0) is 23.1 Å². The van der Waals surface area contributed by atoms with Crippen LogP contribution in [0.5, 0.6) is 0 Å². The Hall–Kier alpha value is -2.29. The summed E-state index contributed by atoms with van der Waals surface area (Å²) in [7, 11) is 0. The molecule has 0 bridgehead atoms. The van der Waals surface area contributed by atoms with Gasteiger partial charge < -0.3 is 11.1 Å². The molecule has 0 saturated heterocycles. The van der Waals surface area contributed by atoms with Crippen molar-refractivity contribution in [3.63, 3.8) is 0 Å². The number of aliphatic imine (C=N–C) groups is 1. The van der Waals surface area contributed by atoms with Gasteiger partial charge in [0.2, 0.25) is 0 Å². The van der Waals surface area contributed by atoms with E-state index in [4.69, 9.17) is 5.73 Å². The molecule has 0 atom stereocenters. The summed E-state index contributed by atoms with van der Waals surface area (Å²) in [6.07, 6.45) is 0. The van der Waals surface area contributed by atoms with E-state index in [9.17, 15) is 0 Å². The number of guanidine groups is 1. The number of nitrogens with one attached hydrogen (secondary N) is 1. The van der Waals surface area contributed by atoms with Crippen molar-refractivity contribution >= 4 is 11.6 Å². The lowest BCUT2D eigenvalue weighted by Gasteiger charge is -2.13. The standard InChI is InChI=1S/C17H21N3/c1-13(2)15-10-6-7-11-16(15)20-17(18)19-12-14-8-4-3-5-9-14/h3-11,13H,12H2,1-2H3,(H3,18,19,20). The summed E-state index contributed by atoms with van der Waals surface area (Å²) in [5.41, 5.74) is 9.37. The monoisotopic (exact) mass is 267 g/mol. The smallest absolute Gasteiger partial charge is 0.193 e. The molecular formula is C17H21N3. The highest BCUT2D eigenvalue weighted by Crippen LogP contribution is 2.23. The molecule has 3 nitrogen and oxygen atoms in total. The Morgan fingerprint density at radius 3 is 2.40 bits per heavy atom. The molecule has 0 aliphatic heterocycles. The van der Waals surface area contributed by atoms with Gasteiger partial charge in [0.1, 0.15) is 0 Å². The molecule has 2 aromatic carbocycles. The maximum Gasteiger partial charge on any atom is 0.193 e. The van der Waals surface area contributed by atoms with Gasteiger partial charge in [-0.25, -0.2) is 4.99 Å². The van der Waals surface area contributed by atoms with E-state index in [1.54, 1.807) is 0 Å². The predicted octanol–water partition coefficient (Wildman–Crippen LogP) is 3.74. The maximum atomic E-state index is 5.96. The summed E-state index contributed by atoms with van der Waals surface area (Å²) in [5.74, 6) is 0.891. The maximum absolute atomic E-state index is 5.96. The summed E-state index contributed by atoms with van der Waals surface area (Å²) < 4.78 is 0. The highest BCUT2D eigenvalue weighted by atomic mass is 15.1. The molecule has 0 aliphatic carbocycles. The van der Waals surface area contributed by atoms with Crippen LogP contribution in [-0.4, -0.2) is 5.96 Å². The van der Waals surface area contributed by atoms with Gasteiger partial charge in [-0.3, -0.25) is 0 Å². The van der Waals surface area contributed by atoms with E-state index in [0.717, 1.165) is 11.3 Å². The van der Waals surface area contributed by atoms with Crippen molar-refractivity contribution in [3.8, 4) is 0 Å². The molecule has 3 N–H and O–H groups in total. The summed E-state index contributed by atoms with van der Waals surface area (Å²) in [4.78, 5) is 4.37. The summed E-state index contributed by atoms with van der Waals surface area (Å²) >= 11 is 0. The lowest BCUT2D eigenvalue weighted by Crippen LogP contribution is -2.23. The minimum absolute atomic E-state index is 0.445. The number of anilines is 1. The number of rotatable bonds is 4. The fourth-order valence-electron chi connectivity index (χ4n) is 2.05. The van der Waals surface area contributed by atoms with Gasteiger partial charge in [-0.1, -0.05) is 62.4 Å². The Morgan fingerprint density at radius 1 is 1.05 bits per heavy atom. The van der Waals surface area contributed by atoms with Crippen molar-refractivity contribution in [1.82, 2.24) is 0 Å². The fraction of sp³-hybridized carbons (Fsp3) is 0.235. The average molecular weight is 267 g/mol. The zero-order valence-corrected chi connectivity index (χ0v) is 12.0. The summed E-state index contributed by atoms with van der Waals surface area (Å²) in [5, 5.41) is 3.19. The Bertz CT molecular complexity index is 574. The third-order valence-corrected chi connectivity index (χ3v) is 3.12. The highest BCUT2D eigenvalue weighted by Gasteiger charge is 2.06. The average Bonchev–Trinajstić information content (AvgIpc) is 2.46. The van der Waals surface area contributed by atoms with Crippen LogP contribution in [0.25, 0.3) is 0 Å². The molecule has 104 valence electrons. The van der Waals surface area contributed by atoms with E-state index in [-0.39, 0.29) is 0 Å². The van der Waals surface area contributed by atoms with E-state index in [1.165, 1.54) is 5.56 Å². The van der Waals surface area contributed by atoms with E-state index in [0.29, 0.717) is 18.4 Å². The molecule has 0 radical (unpaired) electrons. The molecule has 20 heavy (non-hydrogen) atoms. The molecule has 0 heterocycles. The number of hydrogen-bond donors (Lipinski definition) is 2. The molecule has 0 saturated carbocycles. The first-order chi connectivity index (χ1) is 9.66. The molecule has 0 spiro atoms. The van der Waals surface area contributed by atoms with Crippen LogP contribution < -0.4 is 11.1 Å². The molecule has 2 aromatic rings. The summed E-state index contributed by atoms with van der Waals surface area (Å²) in [6, 6.07) is 18.3. The van der Waals surface area contributed by atoms with Crippen LogP contribution in [0.4, 0.5) is 5.69 Å². The van der Waals surface area contributed by atoms with Gasteiger partial charge in [0, 0.05) is 5.69 Å². The van der Waals surface area contributed by atoms with Crippen molar-refractivity contribution < 1.29 is 0 Å². The fourth-order valence-corrected chi connectivity index (χ4v) is 2.05. The van der Waals surface area contributed by atoms with Gasteiger partial charge in [0.25, 0.3) is 0 Å². The Balaban J connectivity index is 2.06. The van der Waals surface area contributed by atoms with Crippen LogP contribution in [0, 0.1) is 0 Å². The minimum atomic E-state index is 0.445. The van der Waals surface area contributed by atoms with Gasteiger partial charge in [-0.15, -0.1) is 0 Å². The molecule has 0 unspecified atom stereocenters. The number of para-hydroxylation sites is 1. The van der Waals surface area contributed by atoms with Crippen LogP contribution in [0.1, 0.15) is 30.9 Å². The van der Waals surface area contributed by atoms with Crippen molar-refractivity contribution in [2.45, 2.75) is 26.3 Å². The van der Waals surface area contributed by atoms with Gasteiger partial charge in [-0.2, -0.15) is 0 Å². The first kappa shape index (κ1) is 14.1. The van der Waals surface area contributed by atoms with Crippen molar-refractivity contribution in [1.29, 1.82) is 0 Å². The third kappa shape index (κ3) is 3.85. The lowest BCUT2D eigenvalue weighted by atomic mass is 10.0. The SMILES string of the molecule is CC(C)c1ccccc1NC(N)=NCc1ccccc1. The van der Waals surface area contributed by atoms with E-state index < -0.39 is 0 Å². The number of hydrogen-bond acceptors (Lipinski definition) is 1. The molecule has 3 heteroatoms. The zero-order valence-electron chi connectivity index (χ0n) is 12.0. The minimum Gasteiger partial charge on any atom is -0.370 e. The molecule has 2 rings (SSSR count). The van der Waals surface area contributed by atoms with E-state index >= 15 is 0 Å². The molecule has 0 amide bonds. The van der Waals surface area contributed by atoms with Crippen LogP contribution >= 0.6 is 0 Å². The molecule has 0 fully saturated rings. The zero-order chi connectivity index (χ0) is 14.4. The molecule has 0 aromatic heterocycles. The van der Waals surface area contributed by atoms with Crippen molar-refractivity contribution in [3.05, 3.63) is 65.7 Å². The van der Waals surface area contributed by atoms with Crippen LogP contribution in [-0.2, 0) is 6.54 Å². The van der Waals surface area contributed by atoms with Crippen molar-refractivity contribution in [2.24, 2.45) is 10.7 Å². The molecular weight excluding hydrogens is 246 g/mol. The quantitative estimate of drug-likeness (QED) is 0.655. The Labute approximate surface area is 120 Å². The second kappa shape index (κ2) is 6.75. The van der Waals surface area contributed by atoms with Crippen molar-refractivity contribution in [2.75, 3.05) is 5.32 Å². The van der Waals surface area contributed by atoms with Gasteiger partial charge in [0.05, 0.1) is 6.54 Å². The van der Waals surface area contributed by atoms with E-state index in [2.05, 4.69) is 30.2 Å². The van der Waals surface area contributed by atoms with Crippen LogP contribution in [0.2, 0.25) is 0 Å². The second-order valence-electron chi connectivity index (χ2n) is 5.05. The number of benzene rings is 2. The van der Waals surface area contributed by atoms with Crippen LogP contribution in [0.3, 0.4) is 0 Å².